The van der Waals surface area contributed by atoms with Crippen molar-refractivity contribution in [2.24, 2.45) is 0 Å². The minimum absolute atomic E-state index is 0.926. The third kappa shape index (κ3) is 1.59. The van der Waals surface area contributed by atoms with Crippen molar-refractivity contribution < 1.29 is 0 Å². The van der Waals surface area contributed by atoms with E-state index in [0.717, 1.165) is 10.0 Å². The highest BCUT2D eigenvalue weighted by atomic mass is 79.9. The zero-order valence-electron chi connectivity index (χ0n) is 6.92. The van der Waals surface area contributed by atoms with Gasteiger partial charge in [-0.3, -0.25) is 0 Å². The molecule has 0 bridgehead atoms. The van der Waals surface area contributed by atoms with Crippen LogP contribution in [0.25, 0.3) is 10.8 Å². The SMILES string of the molecule is C#Cc1ccc2cc(Br)ccc2c1. The van der Waals surface area contributed by atoms with Crippen LogP contribution in [-0.4, -0.2) is 0 Å². The van der Waals surface area contributed by atoms with Gasteiger partial charge in [0.2, 0.25) is 0 Å². The molecule has 0 aliphatic rings. The van der Waals surface area contributed by atoms with Gasteiger partial charge in [-0.15, -0.1) is 6.42 Å². The Morgan fingerprint density at radius 1 is 1.00 bits per heavy atom. The summed E-state index contributed by atoms with van der Waals surface area (Å²) in [6.45, 7) is 0. The van der Waals surface area contributed by atoms with Crippen molar-refractivity contribution in [2.75, 3.05) is 0 Å². The number of fused-ring (bicyclic) bond motifs is 1. The number of benzene rings is 2. The van der Waals surface area contributed by atoms with E-state index >= 15 is 0 Å². The maximum Gasteiger partial charge on any atom is 0.0248 e. The van der Waals surface area contributed by atoms with Gasteiger partial charge < -0.3 is 0 Å². The van der Waals surface area contributed by atoms with Crippen LogP contribution in [0.2, 0.25) is 0 Å². The van der Waals surface area contributed by atoms with Crippen LogP contribution < -0.4 is 0 Å². The molecular weight excluding hydrogens is 224 g/mol. The molecule has 0 saturated carbocycles. The Labute approximate surface area is 85.7 Å². The zero-order chi connectivity index (χ0) is 9.26. The van der Waals surface area contributed by atoms with Gasteiger partial charge in [-0.1, -0.05) is 34.0 Å². The first-order chi connectivity index (χ1) is 6.29. The lowest BCUT2D eigenvalue weighted by Crippen LogP contribution is -1.76. The van der Waals surface area contributed by atoms with E-state index in [9.17, 15) is 0 Å². The van der Waals surface area contributed by atoms with Crippen LogP contribution in [0.4, 0.5) is 0 Å². The first kappa shape index (κ1) is 8.34. The molecule has 0 spiro atoms. The largest absolute Gasteiger partial charge is 0.115 e. The summed E-state index contributed by atoms with van der Waals surface area (Å²) in [6.07, 6.45) is 5.31. The molecule has 2 aromatic carbocycles. The van der Waals surface area contributed by atoms with Crippen molar-refractivity contribution in [1.29, 1.82) is 0 Å². The molecule has 0 fully saturated rings. The first-order valence-corrected chi connectivity index (χ1v) is 4.75. The Hall–Kier alpha value is -1.26. The standard InChI is InChI=1S/C12H7Br/c1-2-9-3-4-11-8-12(13)6-5-10(11)7-9/h1,3-8H. The van der Waals surface area contributed by atoms with Crippen molar-refractivity contribution in [3.63, 3.8) is 0 Å². The average molecular weight is 231 g/mol. The van der Waals surface area contributed by atoms with Crippen molar-refractivity contribution in [3.05, 3.63) is 46.4 Å². The van der Waals surface area contributed by atoms with Gasteiger partial charge >= 0.3 is 0 Å². The third-order valence-corrected chi connectivity index (χ3v) is 2.46. The molecule has 0 unspecified atom stereocenters. The van der Waals surface area contributed by atoms with Crippen LogP contribution in [0, 0.1) is 12.3 Å². The second-order valence-electron chi connectivity index (χ2n) is 2.85. The van der Waals surface area contributed by atoms with Crippen LogP contribution in [0.15, 0.2) is 40.9 Å². The molecule has 0 nitrogen and oxygen atoms in total. The van der Waals surface area contributed by atoms with Crippen molar-refractivity contribution in [1.82, 2.24) is 0 Å². The predicted octanol–water partition coefficient (Wildman–Crippen LogP) is 3.58. The van der Waals surface area contributed by atoms with E-state index in [1.165, 1.54) is 10.8 Å². The van der Waals surface area contributed by atoms with Crippen LogP contribution >= 0.6 is 15.9 Å². The minimum Gasteiger partial charge on any atom is -0.115 e. The number of halogens is 1. The molecule has 0 amide bonds. The zero-order valence-corrected chi connectivity index (χ0v) is 8.51. The van der Waals surface area contributed by atoms with Crippen molar-refractivity contribution in [3.8, 4) is 12.3 Å². The lowest BCUT2D eigenvalue weighted by molar-refractivity contribution is 1.67. The number of hydrogen-bond donors (Lipinski definition) is 0. The summed E-state index contributed by atoms with van der Waals surface area (Å²) >= 11 is 3.43. The summed E-state index contributed by atoms with van der Waals surface area (Å²) in [4.78, 5) is 0. The Morgan fingerprint density at radius 2 is 1.69 bits per heavy atom. The Balaban J connectivity index is 2.75. The van der Waals surface area contributed by atoms with Gasteiger partial charge in [-0.05, 0) is 35.0 Å². The molecule has 0 saturated heterocycles. The average Bonchev–Trinajstić information content (AvgIpc) is 2.17. The van der Waals surface area contributed by atoms with E-state index in [2.05, 4.69) is 34.0 Å². The van der Waals surface area contributed by atoms with Crippen molar-refractivity contribution >= 4 is 26.7 Å². The van der Waals surface area contributed by atoms with Crippen LogP contribution in [0.5, 0.6) is 0 Å². The second-order valence-corrected chi connectivity index (χ2v) is 3.77. The Kier molecular flexibility index (Phi) is 2.08. The Bertz CT molecular complexity index is 492. The third-order valence-electron chi connectivity index (χ3n) is 1.97. The summed E-state index contributed by atoms with van der Waals surface area (Å²) in [5.74, 6) is 2.62. The van der Waals surface area contributed by atoms with Gasteiger partial charge in [-0.2, -0.15) is 0 Å². The molecule has 62 valence electrons. The van der Waals surface area contributed by atoms with Crippen LogP contribution in [-0.2, 0) is 0 Å². The highest BCUT2D eigenvalue weighted by molar-refractivity contribution is 9.10. The second kappa shape index (κ2) is 3.24. The van der Waals surface area contributed by atoms with E-state index in [0.29, 0.717) is 0 Å². The molecule has 1 heteroatoms. The summed E-state index contributed by atoms with van der Waals surface area (Å²) in [5.41, 5.74) is 0.926. The van der Waals surface area contributed by atoms with Gasteiger partial charge in [0.15, 0.2) is 0 Å². The molecule has 0 heterocycles. The van der Waals surface area contributed by atoms with Gasteiger partial charge in [0.05, 0.1) is 0 Å². The molecule has 0 aliphatic carbocycles. The summed E-state index contributed by atoms with van der Waals surface area (Å²) in [7, 11) is 0. The first-order valence-electron chi connectivity index (χ1n) is 3.95. The number of rotatable bonds is 0. The Morgan fingerprint density at radius 3 is 2.46 bits per heavy atom. The monoisotopic (exact) mass is 230 g/mol. The fourth-order valence-electron chi connectivity index (χ4n) is 1.31. The van der Waals surface area contributed by atoms with E-state index in [-0.39, 0.29) is 0 Å². The quantitative estimate of drug-likeness (QED) is 0.608. The summed E-state index contributed by atoms with van der Waals surface area (Å²) < 4.78 is 1.09. The maximum atomic E-state index is 5.31. The molecule has 0 radical (unpaired) electrons. The molecule has 0 aromatic heterocycles. The van der Waals surface area contributed by atoms with Gasteiger partial charge in [-0.25, -0.2) is 0 Å². The smallest absolute Gasteiger partial charge is 0.0248 e. The van der Waals surface area contributed by atoms with Crippen molar-refractivity contribution in [2.45, 2.75) is 0 Å². The molecule has 0 N–H and O–H groups in total. The summed E-state index contributed by atoms with van der Waals surface area (Å²) in [5, 5.41) is 2.38. The van der Waals surface area contributed by atoms with Crippen LogP contribution in [0.3, 0.4) is 0 Å². The molecule has 13 heavy (non-hydrogen) atoms. The fraction of sp³-hybridized carbons (Fsp3) is 0. The molecule has 2 rings (SSSR count). The molecule has 2 aromatic rings. The fourth-order valence-corrected chi connectivity index (χ4v) is 1.69. The minimum atomic E-state index is 0.926. The lowest BCUT2D eigenvalue weighted by atomic mass is 10.1. The topological polar surface area (TPSA) is 0 Å². The van der Waals surface area contributed by atoms with E-state index in [1.54, 1.807) is 0 Å². The van der Waals surface area contributed by atoms with Crippen LogP contribution in [0.1, 0.15) is 5.56 Å². The lowest BCUT2D eigenvalue weighted by Gasteiger charge is -1.98. The van der Waals surface area contributed by atoms with E-state index < -0.39 is 0 Å². The molecular formula is C12H7Br. The number of hydrogen-bond acceptors (Lipinski definition) is 0. The molecule has 0 atom stereocenters. The normalized spacial score (nSPS) is 9.85. The summed E-state index contributed by atoms with van der Waals surface area (Å²) in [6, 6.07) is 12.2. The highest BCUT2D eigenvalue weighted by Gasteiger charge is 1.94. The highest BCUT2D eigenvalue weighted by Crippen LogP contribution is 2.20. The van der Waals surface area contributed by atoms with E-state index in [1.807, 2.05) is 24.3 Å². The van der Waals surface area contributed by atoms with Gasteiger partial charge in [0, 0.05) is 10.0 Å². The van der Waals surface area contributed by atoms with E-state index in [4.69, 9.17) is 6.42 Å². The predicted molar refractivity (Wildman–Crippen MR) is 59.6 cm³/mol. The van der Waals surface area contributed by atoms with Gasteiger partial charge in [0.25, 0.3) is 0 Å². The molecule has 0 aliphatic heterocycles. The van der Waals surface area contributed by atoms with Gasteiger partial charge in [0.1, 0.15) is 0 Å². The maximum absolute atomic E-state index is 5.31. The number of terminal acetylenes is 1.